The lowest BCUT2D eigenvalue weighted by molar-refractivity contribution is 0.341. The number of aromatic nitrogens is 4. The summed E-state index contributed by atoms with van der Waals surface area (Å²) in [7, 11) is 0. The Morgan fingerprint density at radius 3 is 2.91 bits per heavy atom. The summed E-state index contributed by atoms with van der Waals surface area (Å²) in [5.41, 5.74) is 2.70. The Balaban J connectivity index is 1.70. The summed E-state index contributed by atoms with van der Waals surface area (Å²) < 4.78 is 7.92. The molecule has 2 aromatic heterocycles. The maximum absolute atomic E-state index is 5.81. The average Bonchev–Trinajstić information content (AvgIpc) is 3.13. The largest absolute Gasteiger partial charge is 0.424 e. The average molecular weight is 317 g/mol. The van der Waals surface area contributed by atoms with E-state index in [4.69, 9.17) is 4.42 Å². The predicted octanol–water partition coefficient (Wildman–Crippen LogP) is 3.21. The molecular formula is C17H27N5O. The summed E-state index contributed by atoms with van der Waals surface area (Å²) in [6.45, 7) is 9.47. The second-order valence-electron chi connectivity index (χ2n) is 6.83. The highest BCUT2D eigenvalue weighted by molar-refractivity contribution is 5.25. The minimum Gasteiger partial charge on any atom is -0.424 e. The van der Waals surface area contributed by atoms with Crippen molar-refractivity contribution in [2.24, 2.45) is 5.92 Å². The van der Waals surface area contributed by atoms with Crippen LogP contribution in [-0.2, 0) is 19.4 Å². The zero-order chi connectivity index (χ0) is 16.4. The van der Waals surface area contributed by atoms with Crippen molar-refractivity contribution in [1.29, 1.82) is 0 Å². The highest BCUT2D eigenvalue weighted by Gasteiger charge is 2.26. The van der Waals surface area contributed by atoms with Crippen molar-refractivity contribution in [2.75, 3.05) is 0 Å². The van der Waals surface area contributed by atoms with Crippen LogP contribution in [0, 0.1) is 5.92 Å². The van der Waals surface area contributed by atoms with Gasteiger partial charge in [0, 0.05) is 30.3 Å². The summed E-state index contributed by atoms with van der Waals surface area (Å²) in [6, 6.07) is 0.360. The molecule has 6 heteroatoms. The Morgan fingerprint density at radius 2 is 2.17 bits per heavy atom. The minimum absolute atomic E-state index is 0.0457. The molecule has 3 rings (SSSR count). The van der Waals surface area contributed by atoms with E-state index in [0.717, 1.165) is 31.7 Å². The third kappa shape index (κ3) is 3.47. The first-order chi connectivity index (χ1) is 11.1. The molecule has 0 saturated carbocycles. The lowest BCUT2D eigenvalue weighted by atomic mass is 9.92. The van der Waals surface area contributed by atoms with E-state index in [9.17, 15) is 0 Å². The number of aryl methyl sites for hydroxylation is 1. The SMILES string of the molecule is CCn1ncc2c1CCC[C@@H]2N[C@H](C)c1nnc(CC(C)C)o1. The van der Waals surface area contributed by atoms with Gasteiger partial charge in [-0.2, -0.15) is 5.10 Å². The Morgan fingerprint density at radius 1 is 1.35 bits per heavy atom. The molecule has 2 aromatic rings. The first-order valence-corrected chi connectivity index (χ1v) is 8.71. The van der Waals surface area contributed by atoms with Crippen molar-refractivity contribution in [1.82, 2.24) is 25.3 Å². The maximum atomic E-state index is 5.81. The van der Waals surface area contributed by atoms with Gasteiger partial charge < -0.3 is 4.42 Å². The summed E-state index contributed by atoms with van der Waals surface area (Å²) in [6.07, 6.45) is 6.27. The Labute approximate surface area is 137 Å². The standard InChI is InChI=1S/C17H27N5O/c1-5-22-15-8-6-7-14(13(15)10-18-22)19-12(4)17-21-20-16(23-17)9-11(2)3/h10-12,14,19H,5-9H2,1-4H3/t12-,14+/m1/s1. The van der Waals surface area contributed by atoms with Gasteiger partial charge in [-0.15, -0.1) is 10.2 Å². The molecule has 1 aliphatic carbocycles. The lowest BCUT2D eigenvalue weighted by Gasteiger charge is -2.26. The number of nitrogens with one attached hydrogen (secondary N) is 1. The van der Waals surface area contributed by atoms with Gasteiger partial charge in [0.15, 0.2) is 0 Å². The normalized spacial score (nSPS) is 19.1. The summed E-state index contributed by atoms with van der Waals surface area (Å²) in [5.74, 6) is 1.93. The molecule has 23 heavy (non-hydrogen) atoms. The van der Waals surface area contributed by atoms with E-state index in [1.165, 1.54) is 17.7 Å². The number of fused-ring (bicyclic) bond motifs is 1. The molecule has 2 atom stereocenters. The Hall–Kier alpha value is -1.69. The van der Waals surface area contributed by atoms with E-state index >= 15 is 0 Å². The van der Waals surface area contributed by atoms with Crippen LogP contribution < -0.4 is 5.32 Å². The van der Waals surface area contributed by atoms with Crippen LogP contribution in [-0.4, -0.2) is 20.0 Å². The molecule has 2 heterocycles. The lowest BCUT2D eigenvalue weighted by Crippen LogP contribution is -2.28. The minimum atomic E-state index is 0.0457. The molecule has 0 saturated heterocycles. The van der Waals surface area contributed by atoms with E-state index in [1.807, 2.05) is 6.20 Å². The van der Waals surface area contributed by atoms with E-state index in [0.29, 0.717) is 17.9 Å². The molecule has 0 aliphatic heterocycles. The van der Waals surface area contributed by atoms with Crippen LogP contribution in [0.2, 0.25) is 0 Å². The van der Waals surface area contributed by atoms with Gasteiger partial charge >= 0.3 is 0 Å². The smallest absolute Gasteiger partial charge is 0.233 e. The molecule has 0 radical (unpaired) electrons. The fourth-order valence-corrected chi connectivity index (χ4v) is 3.31. The maximum Gasteiger partial charge on any atom is 0.233 e. The van der Waals surface area contributed by atoms with Crippen molar-refractivity contribution in [3.05, 3.63) is 29.2 Å². The molecule has 1 N–H and O–H groups in total. The van der Waals surface area contributed by atoms with Crippen molar-refractivity contribution in [2.45, 2.75) is 72.0 Å². The third-order valence-corrected chi connectivity index (χ3v) is 4.45. The molecule has 126 valence electrons. The topological polar surface area (TPSA) is 68.8 Å². The Bertz CT molecular complexity index is 645. The monoisotopic (exact) mass is 317 g/mol. The van der Waals surface area contributed by atoms with Crippen LogP contribution in [0.15, 0.2) is 10.6 Å². The highest BCUT2D eigenvalue weighted by atomic mass is 16.4. The number of nitrogens with zero attached hydrogens (tertiary/aromatic N) is 4. The summed E-state index contributed by atoms with van der Waals surface area (Å²) in [5, 5.41) is 16.5. The van der Waals surface area contributed by atoms with E-state index in [1.54, 1.807) is 0 Å². The van der Waals surface area contributed by atoms with E-state index in [2.05, 4.69) is 53.0 Å². The van der Waals surface area contributed by atoms with Crippen LogP contribution in [0.3, 0.4) is 0 Å². The molecule has 0 unspecified atom stereocenters. The van der Waals surface area contributed by atoms with Gasteiger partial charge in [0.25, 0.3) is 0 Å². The molecule has 0 bridgehead atoms. The predicted molar refractivity (Wildman–Crippen MR) is 88.0 cm³/mol. The second-order valence-corrected chi connectivity index (χ2v) is 6.83. The van der Waals surface area contributed by atoms with Crippen LogP contribution in [0.4, 0.5) is 0 Å². The first-order valence-electron chi connectivity index (χ1n) is 8.71. The molecule has 1 aliphatic rings. The van der Waals surface area contributed by atoms with Crippen molar-refractivity contribution >= 4 is 0 Å². The van der Waals surface area contributed by atoms with Crippen molar-refractivity contribution in [3.8, 4) is 0 Å². The van der Waals surface area contributed by atoms with Gasteiger partial charge in [-0.1, -0.05) is 13.8 Å². The molecule has 0 aromatic carbocycles. The van der Waals surface area contributed by atoms with Gasteiger partial charge in [0.2, 0.25) is 11.8 Å². The van der Waals surface area contributed by atoms with Gasteiger partial charge in [-0.05, 0) is 39.0 Å². The molecule has 0 spiro atoms. The second kappa shape index (κ2) is 6.83. The van der Waals surface area contributed by atoms with Crippen LogP contribution >= 0.6 is 0 Å². The quantitative estimate of drug-likeness (QED) is 0.886. The fraction of sp³-hybridized carbons (Fsp3) is 0.706. The molecule has 0 fully saturated rings. The highest BCUT2D eigenvalue weighted by Crippen LogP contribution is 2.31. The van der Waals surface area contributed by atoms with Crippen molar-refractivity contribution in [3.63, 3.8) is 0 Å². The third-order valence-electron chi connectivity index (χ3n) is 4.45. The van der Waals surface area contributed by atoms with Crippen LogP contribution in [0.25, 0.3) is 0 Å². The van der Waals surface area contributed by atoms with Crippen LogP contribution in [0.5, 0.6) is 0 Å². The molecular weight excluding hydrogens is 290 g/mol. The summed E-state index contributed by atoms with van der Waals surface area (Å²) in [4.78, 5) is 0. The van der Waals surface area contributed by atoms with Gasteiger partial charge in [-0.25, -0.2) is 0 Å². The Kier molecular flexibility index (Phi) is 4.80. The van der Waals surface area contributed by atoms with Gasteiger partial charge in [0.1, 0.15) is 0 Å². The van der Waals surface area contributed by atoms with E-state index < -0.39 is 0 Å². The van der Waals surface area contributed by atoms with Crippen molar-refractivity contribution < 1.29 is 4.42 Å². The van der Waals surface area contributed by atoms with Crippen LogP contribution in [0.1, 0.15) is 75.7 Å². The fourth-order valence-electron chi connectivity index (χ4n) is 3.31. The van der Waals surface area contributed by atoms with Gasteiger partial charge in [0.05, 0.1) is 12.2 Å². The van der Waals surface area contributed by atoms with Gasteiger partial charge in [-0.3, -0.25) is 10.00 Å². The van der Waals surface area contributed by atoms with E-state index in [-0.39, 0.29) is 6.04 Å². The molecule has 6 nitrogen and oxygen atoms in total. The zero-order valence-electron chi connectivity index (χ0n) is 14.5. The number of hydrogen-bond donors (Lipinski definition) is 1. The number of rotatable bonds is 6. The summed E-state index contributed by atoms with van der Waals surface area (Å²) >= 11 is 0. The molecule has 0 amide bonds. The zero-order valence-corrected chi connectivity index (χ0v) is 14.5. The first kappa shape index (κ1) is 16.2. The number of hydrogen-bond acceptors (Lipinski definition) is 5.